The van der Waals surface area contributed by atoms with Crippen LogP contribution in [0.5, 0.6) is 5.75 Å². The summed E-state index contributed by atoms with van der Waals surface area (Å²) in [6, 6.07) is 4.48. The number of nitrogens with zero attached hydrogens (tertiary/aromatic N) is 4. The number of methoxy groups -OCH3 is 1. The summed E-state index contributed by atoms with van der Waals surface area (Å²) in [5.74, 6) is 1.02. The number of nitro groups is 1. The number of nitrogens with one attached hydrogen (secondary N) is 1. The van der Waals surface area contributed by atoms with Gasteiger partial charge >= 0.3 is 0 Å². The van der Waals surface area contributed by atoms with Crippen molar-refractivity contribution >= 4 is 29.0 Å². The molecule has 1 N–H and O–H groups in total. The molecule has 1 aliphatic carbocycles. The number of ether oxygens (including phenoxy) is 1. The normalized spacial score (nSPS) is 13.5. The molecule has 9 nitrogen and oxygen atoms in total. The molecular formula is C15H17N5O4S. The first kappa shape index (κ1) is 17.2. The standard InChI is InChI=1S/C15H17N5O4S/c1-9-17-18-15(19(9)10-3-4-10)25-8-14(21)16-12-7-11(20(22)23)5-6-13(12)24-2/h5-7,10H,3-4,8H2,1-2H3,(H,16,21). The van der Waals surface area contributed by atoms with E-state index in [2.05, 4.69) is 15.5 Å². The van der Waals surface area contributed by atoms with Crippen molar-refractivity contribution in [2.24, 2.45) is 0 Å². The molecule has 0 aliphatic heterocycles. The van der Waals surface area contributed by atoms with Gasteiger partial charge in [-0.25, -0.2) is 0 Å². The lowest BCUT2D eigenvalue weighted by Gasteiger charge is -2.10. The zero-order valence-electron chi connectivity index (χ0n) is 13.8. The largest absolute Gasteiger partial charge is 0.495 e. The van der Waals surface area contributed by atoms with Gasteiger partial charge in [0.25, 0.3) is 5.69 Å². The van der Waals surface area contributed by atoms with Crippen molar-refractivity contribution in [1.29, 1.82) is 0 Å². The lowest BCUT2D eigenvalue weighted by atomic mass is 10.2. The molecule has 0 radical (unpaired) electrons. The third kappa shape index (κ3) is 3.90. The lowest BCUT2D eigenvalue weighted by molar-refractivity contribution is -0.384. The topological polar surface area (TPSA) is 112 Å². The molecular weight excluding hydrogens is 346 g/mol. The van der Waals surface area contributed by atoms with Crippen LogP contribution in [0.15, 0.2) is 23.4 Å². The quantitative estimate of drug-likeness (QED) is 0.457. The van der Waals surface area contributed by atoms with Gasteiger partial charge in [-0.15, -0.1) is 10.2 Å². The molecule has 1 heterocycles. The number of hydrogen-bond acceptors (Lipinski definition) is 7. The number of carbonyl (C=O) groups excluding carboxylic acids is 1. The van der Waals surface area contributed by atoms with Crippen LogP contribution < -0.4 is 10.1 Å². The number of nitro benzene ring substituents is 1. The van der Waals surface area contributed by atoms with Crippen molar-refractivity contribution in [1.82, 2.24) is 14.8 Å². The summed E-state index contributed by atoms with van der Waals surface area (Å²) in [5, 5.41) is 22.4. The Balaban J connectivity index is 1.67. The maximum absolute atomic E-state index is 12.2. The van der Waals surface area contributed by atoms with Gasteiger partial charge < -0.3 is 14.6 Å². The molecule has 1 saturated carbocycles. The average molecular weight is 363 g/mol. The molecule has 10 heteroatoms. The fourth-order valence-corrected chi connectivity index (χ4v) is 3.28. The van der Waals surface area contributed by atoms with Crippen LogP contribution in [-0.4, -0.2) is 38.5 Å². The third-order valence-corrected chi connectivity index (χ3v) is 4.69. The molecule has 1 amide bonds. The van der Waals surface area contributed by atoms with Crippen LogP contribution in [0.4, 0.5) is 11.4 Å². The summed E-state index contributed by atoms with van der Waals surface area (Å²) >= 11 is 1.29. The van der Waals surface area contributed by atoms with Gasteiger partial charge in [0, 0.05) is 18.2 Å². The van der Waals surface area contributed by atoms with Gasteiger partial charge in [0.15, 0.2) is 5.16 Å². The van der Waals surface area contributed by atoms with Crippen LogP contribution in [0.25, 0.3) is 0 Å². The Hall–Kier alpha value is -2.62. The molecule has 25 heavy (non-hydrogen) atoms. The summed E-state index contributed by atoms with van der Waals surface area (Å²) in [6.45, 7) is 1.89. The Bertz CT molecular complexity index is 818. The van der Waals surface area contributed by atoms with E-state index >= 15 is 0 Å². The number of aromatic nitrogens is 3. The van der Waals surface area contributed by atoms with Gasteiger partial charge in [0.2, 0.25) is 5.91 Å². The van der Waals surface area contributed by atoms with Crippen LogP contribution in [0.2, 0.25) is 0 Å². The monoisotopic (exact) mass is 363 g/mol. The first-order valence-electron chi connectivity index (χ1n) is 7.66. The van der Waals surface area contributed by atoms with Crippen LogP contribution in [0.3, 0.4) is 0 Å². The Kier molecular flexibility index (Phi) is 4.88. The van der Waals surface area contributed by atoms with E-state index in [0.29, 0.717) is 16.9 Å². The first-order valence-corrected chi connectivity index (χ1v) is 8.64. The second-order valence-corrected chi connectivity index (χ2v) is 6.55. The Morgan fingerprint density at radius 3 is 2.88 bits per heavy atom. The molecule has 0 atom stereocenters. The number of hydrogen-bond donors (Lipinski definition) is 1. The van der Waals surface area contributed by atoms with Crippen molar-refractivity contribution in [3.63, 3.8) is 0 Å². The van der Waals surface area contributed by atoms with E-state index in [1.165, 1.54) is 37.1 Å². The minimum Gasteiger partial charge on any atom is -0.495 e. The van der Waals surface area contributed by atoms with Gasteiger partial charge in [-0.2, -0.15) is 0 Å². The summed E-state index contributed by atoms with van der Waals surface area (Å²) in [6.07, 6.45) is 2.20. The summed E-state index contributed by atoms with van der Waals surface area (Å²) in [5.41, 5.74) is 0.148. The van der Waals surface area contributed by atoms with Crippen LogP contribution >= 0.6 is 11.8 Å². The number of carbonyl (C=O) groups is 1. The maximum Gasteiger partial charge on any atom is 0.271 e. The fraction of sp³-hybridized carbons (Fsp3) is 0.400. The van der Waals surface area contributed by atoms with Gasteiger partial charge in [-0.3, -0.25) is 14.9 Å². The SMILES string of the molecule is COc1ccc([N+](=O)[O-])cc1NC(=O)CSc1nnc(C)n1C1CC1. The molecule has 1 aromatic heterocycles. The summed E-state index contributed by atoms with van der Waals surface area (Å²) in [7, 11) is 1.44. The average Bonchev–Trinajstić information content (AvgIpc) is 3.35. The van der Waals surface area contributed by atoms with E-state index in [1.54, 1.807) is 0 Å². The first-order chi connectivity index (χ1) is 12.0. The van der Waals surface area contributed by atoms with E-state index in [0.717, 1.165) is 18.7 Å². The molecule has 0 bridgehead atoms. The van der Waals surface area contributed by atoms with Crippen LogP contribution in [-0.2, 0) is 4.79 Å². The molecule has 1 aromatic carbocycles. The maximum atomic E-state index is 12.2. The lowest BCUT2D eigenvalue weighted by Crippen LogP contribution is -2.15. The summed E-state index contributed by atoms with van der Waals surface area (Å²) in [4.78, 5) is 22.6. The van der Waals surface area contributed by atoms with Crippen LogP contribution in [0, 0.1) is 17.0 Å². The molecule has 2 aromatic rings. The zero-order valence-corrected chi connectivity index (χ0v) is 14.6. The third-order valence-electron chi connectivity index (χ3n) is 3.75. The van der Waals surface area contributed by atoms with Gasteiger partial charge in [0.1, 0.15) is 11.6 Å². The number of aryl methyl sites for hydroxylation is 1. The predicted molar refractivity (Wildman–Crippen MR) is 92.0 cm³/mol. The van der Waals surface area contributed by atoms with Gasteiger partial charge in [0.05, 0.1) is 23.5 Å². The van der Waals surface area contributed by atoms with E-state index in [1.807, 2.05) is 11.5 Å². The highest BCUT2D eigenvalue weighted by molar-refractivity contribution is 7.99. The molecule has 0 saturated heterocycles. The van der Waals surface area contributed by atoms with E-state index in [9.17, 15) is 14.9 Å². The highest BCUT2D eigenvalue weighted by Crippen LogP contribution is 2.38. The van der Waals surface area contributed by atoms with Crippen molar-refractivity contribution in [2.75, 3.05) is 18.2 Å². The summed E-state index contributed by atoms with van der Waals surface area (Å²) < 4.78 is 7.18. The molecule has 1 aliphatic rings. The molecule has 3 rings (SSSR count). The van der Waals surface area contributed by atoms with Crippen LogP contribution in [0.1, 0.15) is 24.7 Å². The smallest absolute Gasteiger partial charge is 0.271 e. The van der Waals surface area contributed by atoms with Crippen molar-refractivity contribution < 1.29 is 14.5 Å². The van der Waals surface area contributed by atoms with Crippen molar-refractivity contribution in [3.05, 3.63) is 34.1 Å². The molecule has 132 valence electrons. The van der Waals surface area contributed by atoms with E-state index in [-0.39, 0.29) is 23.0 Å². The number of amides is 1. The number of anilines is 1. The minimum absolute atomic E-state index is 0.118. The zero-order chi connectivity index (χ0) is 18.0. The molecule has 1 fully saturated rings. The highest BCUT2D eigenvalue weighted by atomic mass is 32.2. The number of rotatable bonds is 7. The predicted octanol–water partition coefficient (Wildman–Crippen LogP) is 2.57. The Morgan fingerprint density at radius 1 is 1.48 bits per heavy atom. The van der Waals surface area contributed by atoms with Gasteiger partial charge in [-0.05, 0) is 25.8 Å². The number of non-ortho nitro benzene ring substituents is 1. The van der Waals surface area contributed by atoms with Crippen molar-refractivity contribution in [3.8, 4) is 5.75 Å². The highest BCUT2D eigenvalue weighted by Gasteiger charge is 2.28. The second kappa shape index (κ2) is 7.09. The van der Waals surface area contributed by atoms with E-state index < -0.39 is 4.92 Å². The van der Waals surface area contributed by atoms with Crippen molar-refractivity contribution in [2.45, 2.75) is 31.0 Å². The number of benzene rings is 1. The van der Waals surface area contributed by atoms with Gasteiger partial charge in [-0.1, -0.05) is 11.8 Å². The molecule has 0 unspecified atom stereocenters. The Morgan fingerprint density at radius 2 is 2.24 bits per heavy atom. The second-order valence-electron chi connectivity index (χ2n) is 5.61. The fourth-order valence-electron chi connectivity index (χ4n) is 2.43. The minimum atomic E-state index is -0.523. The Labute approximate surface area is 147 Å². The molecule has 0 spiro atoms. The van der Waals surface area contributed by atoms with E-state index in [4.69, 9.17) is 4.74 Å². The number of thioether (sulfide) groups is 1.